The Morgan fingerprint density at radius 1 is 0.974 bits per heavy atom. The van der Waals surface area contributed by atoms with Crippen molar-refractivity contribution in [2.45, 2.75) is 32.3 Å². The van der Waals surface area contributed by atoms with Crippen LogP contribution in [0.25, 0.3) is 0 Å². The second kappa shape index (κ2) is 15.0. The number of carboxylic acid groups (broad SMARTS) is 1. The summed E-state index contributed by atoms with van der Waals surface area (Å²) in [6.45, 7) is 3.17. The fraction of sp³-hybridized carbons (Fsp3) is 0.310. The minimum atomic E-state index is -0.997. The lowest BCUT2D eigenvalue weighted by atomic mass is 10.1. The number of carbonyl (C=O) groups excluding carboxylic acids is 1. The van der Waals surface area contributed by atoms with Gasteiger partial charge in [-0.15, -0.1) is 0 Å². The Hall–Kier alpha value is -3.62. The first-order chi connectivity index (χ1) is 18.3. The van der Waals surface area contributed by atoms with Gasteiger partial charge in [0, 0.05) is 30.3 Å². The molecule has 2 amide bonds. The van der Waals surface area contributed by atoms with Gasteiger partial charge in [0.25, 0.3) is 0 Å². The highest BCUT2D eigenvalue weighted by atomic mass is 35.5. The van der Waals surface area contributed by atoms with Crippen LogP contribution in [0.5, 0.6) is 5.75 Å². The molecule has 1 unspecified atom stereocenters. The van der Waals surface area contributed by atoms with E-state index in [1.54, 1.807) is 72.5 Å². The second-order valence-electron chi connectivity index (χ2n) is 8.63. The maximum Gasteiger partial charge on any atom is 0.333 e. The number of urea groups is 1. The molecule has 2 N–H and O–H groups in total. The number of carbonyl (C=O) groups is 2. The molecule has 0 aliphatic rings. The summed E-state index contributed by atoms with van der Waals surface area (Å²) in [5.74, 6) is -0.663. The zero-order valence-electron chi connectivity index (χ0n) is 21.2. The van der Waals surface area contributed by atoms with E-state index in [0.717, 1.165) is 11.1 Å². The molecular weight excluding hydrogens is 511 g/mol. The van der Waals surface area contributed by atoms with Crippen LogP contribution >= 0.6 is 11.6 Å². The number of aryl methyl sites for hydroxylation is 1. The van der Waals surface area contributed by atoms with Crippen molar-refractivity contribution >= 4 is 29.3 Å². The summed E-state index contributed by atoms with van der Waals surface area (Å²) in [5.41, 5.74) is 2.45. The van der Waals surface area contributed by atoms with Crippen LogP contribution < -0.4 is 10.1 Å². The number of carboxylic acids is 1. The van der Waals surface area contributed by atoms with Crippen molar-refractivity contribution in [1.82, 2.24) is 4.90 Å². The lowest BCUT2D eigenvalue weighted by molar-refractivity contribution is -0.149. The molecule has 9 heteroatoms. The van der Waals surface area contributed by atoms with E-state index in [2.05, 4.69) is 5.32 Å². The van der Waals surface area contributed by atoms with Crippen molar-refractivity contribution in [2.75, 3.05) is 31.6 Å². The Balaban J connectivity index is 1.55. The molecule has 3 aromatic carbocycles. The summed E-state index contributed by atoms with van der Waals surface area (Å²) < 4.78 is 24.3. The quantitative estimate of drug-likeness (QED) is 0.259. The summed E-state index contributed by atoms with van der Waals surface area (Å²) >= 11 is 5.94. The number of halogens is 2. The molecule has 0 aliphatic carbocycles. The SMILES string of the molecule is CCOC(Cc1ccc(OCCN(CCCc2ccc(F)cc2)C(=O)Nc2ccc(Cl)cc2)cc1)C(=O)O. The number of amides is 2. The first kappa shape index (κ1) is 28.9. The monoisotopic (exact) mass is 542 g/mol. The van der Waals surface area contributed by atoms with Crippen molar-refractivity contribution in [1.29, 1.82) is 0 Å². The van der Waals surface area contributed by atoms with Gasteiger partial charge < -0.3 is 24.8 Å². The van der Waals surface area contributed by atoms with Crippen LogP contribution in [0, 0.1) is 5.82 Å². The maximum absolute atomic E-state index is 13.2. The van der Waals surface area contributed by atoms with Gasteiger partial charge in [-0.25, -0.2) is 14.0 Å². The van der Waals surface area contributed by atoms with Gasteiger partial charge in [0.2, 0.25) is 0 Å². The average molecular weight is 543 g/mol. The van der Waals surface area contributed by atoms with Gasteiger partial charge in [-0.1, -0.05) is 35.9 Å². The van der Waals surface area contributed by atoms with Gasteiger partial charge in [-0.2, -0.15) is 0 Å². The molecule has 38 heavy (non-hydrogen) atoms. The molecule has 7 nitrogen and oxygen atoms in total. The number of aliphatic carboxylic acids is 1. The van der Waals surface area contributed by atoms with E-state index < -0.39 is 12.1 Å². The Bertz CT molecular complexity index is 1160. The fourth-order valence-corrected chi connectivity index (χ4v) is 3.93. The largest absolute Gasteiger partial charge is 0.492 e. The number of nitrogens with zero attached hydrogens (tertiary/aromatic N) is 1. The third kappa shape index (κ3) is 9.68. The van der Waals surface area contributed by atoms with Gasteiger partial charge in [0.15, 0.2) is 6.10 Å². The highest BCUT2D eigenvalue weighted by Gasteiger charge is 2.18. The van der Waals surface area contributed by atoms with Gasteiger partial charge >= 0.3 is 12.0 Å². The number of hydrogen-bond acceptors (Lipinski definition) is 4. The van der Waals surface area contributed by atoms with E-state index in [-0.39, 0.29) is 24.9 Å². The standard InChI is InChI=1S/C29H32ClFN2O5/c1-2-37-27(28(34)35)20-22-7-15-26(16-8-22)38-19-18-33(17-3-4-21-5-11-24(31)12-6-21)29(36)32-25-13-9-23(30)10-14-25/h5-16,27H,2-4,17-20H2,1H3,(H,32,36)(H,34,35). The Morgan fingerprint density at radius 2 is 1.63 bits per heavy atom. The summed E-state index contributed by atoms with van der Waals surface area (Å²) in [6.07, 6.45) is 0.760. The van der Waals surface area contributed by atoms with Crippen LogP contribution in [0.3, 0.4) is 0 Å². The second-order valence-corrected chi connectivity index (χ2v) is 9.07. The van der Waals surface area contributed by atoms with Crippen LogP contribution in [0.4, 0.5) is 14.9 Å². The molecule has 0 saturated carbocycles. The Kier molecular flexibility index (Phi) is 11.4. The van der Waals surface area contributed by atoms with Gasteiger partial charge in [0.1, 0.15) is 18.2 Å². The van der Waals surface area contributed by atoms with Crippen LogP contribution in [0.1, 0.15) is 24.5 Å². The predicted octanol–water partition coefficient (Wildman–Crippen LogP) is 6.06. The minimum Gasteiger partial charge on any atom is -0.492 e. The lowest BCUT2D eigenvalue weighted by Gasteiger charge is -2.23. The van der Waals surface area contributed by atoms with Crippen LogP contribution in [0.2, 0.25) is 5.02 Å². The summed E-state index contributed by atoms with van der Waals surface area (Å²) in [6, 6.07) is 20.1. The Morgan fingerprint density at radius 3 is 2.26 bits per heavy atom. The van der Waals surface area contributed by atoms with E-state index >= 15 is 0 Å². The van der Waals surface area contributed by atoms with E-state index in [1.165, 1.54) is 12.1 Å². The van der Waals surface area contributed by atoms with Gasteiger partial charge in [0.05, 0.1) is 6.54 Å². The molecule has 0 radical (unpaired) electrons. The fourth-order valence-electron chi connectivity index (χ4n) is 3.80. The topological polar surface area (TPSA) is 88.1 Å². The van der Waals surface area contributed by atoms with Crippen molar-refractivity contribution in [3.8, 4) is 5.75 Å². The normalized spacial score (nSPS) is 11.6. The zero-order chi connectivity index (χ0) is 27.3. The highest BCUT2D eigenvalue weighted by Crippen LogP contribution is 2.16. The maximum atomic E-state index is 13.2. The van der Waals surface area contributed by atoms with Crippen molar-refractivity contribution in [3.63, 3.8) is 0 Å². The number of anilines is 1. The molecule has 3 aromatic rings. The van der Waals surface area contributed by atoms with Gasteiger partial charge in [-0.3, -0.25) is 0 Å². The third-order valence-corrected chi connectivity index (χ3v) is 6.06. The average Bonchev–Trinajstić information content (AvgIpc) is 2.90. The number of nitrogens with one attached hydrogen (secondary N) is 1. The van der Waals surface area contributed by atoms with Crippen LogP contribution in [-0.2, 0) is 22.4 Å². The van der Waals surface area contributed by atoms with E-state index in [9.17, 15) is 19.1 Å². The molecule has 0 aliphatic heterocycles. The molecule has 0 spiro atoms. The highest BCUT2D eigenvalue weighted by molar-refractivity contribution is 6.30. The van der Waals surface area contributed by atoms with Crippen LogP contribution in [0.15, 0.2) is 72.8 Å². The molecular formula is C29H32ClFN2O5. The molecule has 0 saturated heterocycles. The molecule has 202 valence electrons. The predicted molar refractivity (Wildman–Crippen MR) is 145 cm³/mol. The summed E-state index contributed by atoms with van der Waals surface area (Å²) in [7, 11) is 0. The van der Waals surface area contributed by atoms with Crippen molar-refractivity contribution in [2.24, 2.45) is 0 Å². The number of rotatable bonds is 14. The number of benzene rings is 3. The smallest absolute Gasteiger partial charge is 0.333 e. The van der Waals surface area contributed by atoms with E-state index in [0.29, 0.717) is 49.0 Å². The minimum absolute atomic E-state index is 0.260. The molecule has 1 atom stereocenters. The first-order valence-corrected chi connectivity index (χ1v) is 12.8. The number of ether oxygens (including phenoxy) is 2. The molecule has 0 bridgehead atoms. The molecule has 0 fully saturated rings. The van der Waals surface area contributed by atoms with Crippen molar-refractivity contribution in [3.05, 3.63) is 94.8 Å². The summed E-state index contributed by atoms with van der Waals surface area (Å²) in [5, 5.41) is 12.7. The third-order valence-electron chi connectivity index (χ3n) is 5.81. The molecule has 0 heterocycles. The van der Waals surface area contributed by atoms with E-state index in [1.807, 2.05) is 0 Å². The zero-order valence-corrected chi connectivity index (χ0v) is 22.0. The van der Waals surface area contributed by atoms with Crippen LogP contribution in [-0.4, -0.2) is 54.4 Å². The lowest BCUT2D eigenvalue weighted by Crippen LogP contribution is -2.38. The Labute approximate surface area is 227 Å². The van der Waals surface area contributed by atoms with Gasteiger partial charge in [-0.05, 0) is 79.4 Å². The first-order valence-electron chi connectivity index (χ1n) is 12.5. The van der Waals surface area contributed by atoms with Crippen molar-refractivity contribution < 1.29 is 28.6 Å². The molecule has 3 rings (SSSR count). The summed E-state index contributed by atoms with van der Waals surface area (Å²) in [4.78, 5) is 26.0. The molecule has 0 aromatic heterocycles. The van der Waals surface area contributed by atoms with E-state index in [4.69, 9.17) is 21.1 Å². The number of hydrogen-bond donors (Lipinski definition) is 2.